The molecule has 3 aromatic rings. The maximum absolute atomic E-state index is 12.1. The number of rotatable bonds is 8. The Labute approximate surface area is 181 Å². The summed E-state index contributed by atoms with van der Waals surface area (Å²) in [5.74, 6) is 0.796. The van der Waals surface area contributed by atoms with E-state index in [1.54, 1.807) is 10.9 Å². The Bertz CT molecular complexity index is 913. The molecule has 5 nitrogen and oxygen atoms in total. The molecule has 1 aliphatic heterocycles. The number of ether oxygens (including phenoxy) is 1. The van der Waals surface area contributed by atoms with Crippen molar-refractivity contribution in [1.82, 2.24) is 15.2 Å². The first-order chi connectivity index (χ1) is 14.8. The van der Waals surface area contributed by atoms with Crippen molar-refractivity contribution in [2.45, 2.75) is 31.9 Å². The van der Waals surface area contributed by atoms with Gasteiger partial charge in [0.15, 0.2) is 0 Å². The molecule has 156 valence electrons. The summed E-state index contributed by atoms with van der Waals surface area (Å²) in [6, 6.07) is 19.1. The third kappa shape index (κ3) is 5.46. The van der Waals surface area contributed by atoms with E-state index in [1.807, 2.05) is 18.2 Å². The number of aromatic nitrogens is 1. The summed E-state index contributed by atoms with van der Waals surface area (Å²) < 4.78 is 5.92. The number of hydrogen-bond acceptors (Lipinski definition) is 5. The van der Waals surface area contributed by atoms with Gasteiger partial charge in [0.2, 0.25) is 0 Å². The fourth-order valence-corrected chi connectivity index (χ4v) is 4.42. The van der Waals surface area contributed by atoms with Crippen LogP contribution in [0.4, 0.5) is 0 Å². The normalized spacial score (nSPS) is 16.9. The lowest BCUT2D eigenvalue weighted by Crippen LogP contribution is -2.39. The summed E-state index contributed by atoms with van der Waals surface area (Å²) in [5, 5.41) is 4.77. The van der Waals surface area contributed by atoms with Gasteiger partial charge in [0.25, 0.3) is 5.91 Å². The van der Waals surface area contributed by atoms with E-state index in [4.69, 9.17) is 4.74 Å². The van der Waals surface area contributed by atoms with Crippen molar-refractivity contribution < 1.29 is 9.53 Å². The minimum Gasteiger partial charge on any atom is -0.489 e. The highest BCUT2D eigenvalue weighted by atomic mass is 32.1. The van der Waals surface area contributed by atoms with Crippen LogP contribution in [0.15, 0.2) is 65.5 Å². The number of nitrogens with one attached hydrogen (secondary N) is 1. The number of benzene rings is 2. The molecule has 6 heteroatoms. The number of carbonyl (C=O) groups is 1. The second-order valence-corrected chi connectivity index (χ2v) is 8.24. The lowest BCUT2D eigenvalue weighted by molar-refractivity contribution is 0.0931. The SMILES string of the molecule is O=C(NCCN1CCCCC1c1ccc(OCc2ccccc2)cc1)c1cscn1. The molecule has 0 bridgehead atoms. The Morgan fingerprint density at radius 3 is 2.73 bits per heavy atom. The summed E-state index contributed by atoms with van der Waals surface area (Å²) >= 11 is 1.44. The molecule has 0 radical (unpaired) electrons. The molecule has 1 amide bonds. The molecule has 0 spiro atoms. The fourth-order valence-electron chi connectivity index (χ4n) is 3.89. The lowest BCUT2D eigenvalue weighted by Gasteiger charge is -2.36. The Morgan fingerprint density at radius 2 is 1.97 bits per heavy atom. The Morgan fingerprint density at radius 1 is 1.13 bits per heavy atom. The van der Waals surface area contributed by atoms with Gasteiger partial charge in [-0.15, -0.1) is 11.3 Å². The summed E-state index contributed by atoms with van der Waals surface area (Å²) in [6.45, 7) is 3.11. The first-order valence-electron chi connectivity index (χ1n) is 10.5. The van der Waals surface area contributed by atoms with Gasteiger partial charge in [-0.1, -0.05) is 48.9 Å². The van der Waals surface area contributed by atoms with Crippen LogP contribution in [0.1, 0.15) is 46.9 Å². The van der Waals surface area contributed by atoms with Gasteiger partial charge >= 0.3 is 0 Å². The quantitative estimate of drug-likeness (QED) is 0.574. The van der Waals surface area contributed by atoms with Crippen molar-refractivity contribution in [1.29, 1.82) is 0 Å². The van der Waals surface area contributed by atoms with E-state index in [0.29, 0.717) is 24.9 Å². The van der Waals surface area contributed by atoms with Crippen LogP contribution in [0.3, 0.4) is 0 Å². The topological polar surface area (TPSA) is 54.5 Å². The van der Waals surface area contributed by atoms with Gasteiger partial charge in [0, 0.05) is 24.5 Å². The predicted molar refractivity (Wildman–Crippen MR) is 120 cm³/mol. The van der Waals surface area contributed by atoms with Gasteiger partial charge in [-0.2, -0.15) is 0 Å². The highest BCUT2D eigenvalue weighted by Gasteiger charge is 2.23. The molecule has 2 heterocycles. The van der Waals surface area contributed by atoms with E-state index in [1.165, 1.54) is 35.3 Å². The highest BCUT2D eigenvalue weighted by molar-refractivity contribution is 7.07. The molecule has 2 aromatic carbocycles. The molecule has 0 aliphatic carbocycles. The van der Waals surface area contributed by atoms with Gasteiger partial charge in [-0.25, -0.2) is 4.98 Å². The van der Waals surface area contributed by atoms with Crippen molar-refractivity contribution in [3.8, 4) is 5.75 Å². The summed E-state index contributed by atoms with van der Waals surface area (Å²) in [6.07, 6.45) is 3.58. The van der Waals surface area contributed by atoms with Gasteiger partial charge < -0.3 is 10.1 Å². The van der Waals surface area contributed by atoms with E-state index in [-0.39, 0.29) is 5.91 Å². The molecule has 4 rings (SSSR count). The zero-order valence-corrected chi connectivity index (χ0v) is 17.8. The zero-order valence-electron chi connectivity index (χ0n) is 17.0. The molecule has 1 fully saturated rings. The zero-order chi connectivity index (χ0) is 20.6. The minimum absolute atomic E-state index is 0.0928. The van der Waals surface area contributed by atoms with Gasteiger partial charge in [-0.05, 0) is 42.6 Å². The lowest BCUT2D eigenvalue weighted by atomic mass is 9.95. The maximum Gasteiger partial charge on any atom is 0.270 e. The number of hydrogen-bond donors (Lipinski definition) is 1. The monoisotopic (exact) mass is 421 g/mol. The molecular weight excluding hydrogens is 394 g/mol. The molecule has 1 aliphatic rings. The van der Waals surface area contributed by atoms with E-state index in [2.05, 4.69) is 51.6 Å². The summed E-state index contributed by atoms with van der Waals surface area (Å²) in [4.78, 5) is 18.6. The van der Waals surface area contributed by atoms with Crippen LogP contribution in [0.5, 0.6) is 5.75 Å². The smallest absolute Gasteiger partial charge is 0.270 e. The van der Waals surface area contributed by atoms with E-state index >= 15 is 0 Å². The van der Waals surface area contributed by atoms with Crippen LogP contribution >= 0.6 is 11.3 Å². The highest BCUT2D eigenvalue weighted by Crippen LogP contribution is 2.31. The number of piperidine rings is 1. The van der Waals surface area contributed by atoms with Crippen molar-refractivity contribution >= 4 is 17.2 Å². The van der Waals surface area contributed by atoms with Crippen LogP contribution in [0.2, 0.25) is 0 Å². The van der Waals surface area contributed by atoms with Crippen LogP contribution in [-0.2, 0) is 6.61 Å². The standard InChI is InChI=1S/C24H27N3O2S/c28-24(22-17-30-18-26-22)25-13-15-27-14-5-4-8-23(27)20-9-11-21(12-10-20)29-16-19-6-2-1-3-7-19/h1-3,6-7,9-12,17-18,23H,4-5,8,13-16H2,(H,25,28). The number of carbonyl (C=O) groups excluding carboxylic acids is 1. The summed E-state index contributed by atoms with van der Waals surface area (Å²) in [7, 11) is 0. The van der Waals surface area contributed by atoms with E-state index in [9.17, 15) is 4.79 Å². The van der Waals surface area contributed by atoms with Crippen LogP contribution < -0.4 is 10.1 Å². The van der Waals surface area contributed by atoms with Gasteiger partial charge in [0.05, 0.1) is 5.51 Å². The van der Waals surface area contributed by atoms with Crippen molar-refractivity contribution in [3.05, 3.63) is 82.3 Å². The Balaban J connectivity index is 1.31. The van der Waals surface area contributed by atoms with Crippen molar-refractivity contribution in [2.24, 2.45) is 0 Å². The Kier molecular flexibility index (Phi) is 7.11. The molecule has 30 heavy (non-hydrogen) atoms. The molecule has 1 aromatic heterocycles. The third-order valence-electron chi connectivity index (χ3n) is 5.48. The van der Waals surface area contributed by atoms with Crippen molar-refractivity contribution in [3.63, 3.8) is 0 Å². The largest absolute Gasteiger partial charge is 0.489 e. The first kappa shape index (κ1) is 20.6. The number of thiazole rings is 1. The first-order valence-corrected chi connectivity index (χ1v) is 11.4. The number of nitrogens with zero attached hydrogens (tertiary/aromatic N) is 2. The van der Waals surface area contributed by atoms with Crippen LogP contribution in [-0.4, -0.2) is 35.4 Å². The fraction of sp³-hybridized carbons (Fsp3) is 0.333. The Hall–Kier alpha value is -2.70. The van der Waals surface area contributed by atoms with Crippen molar-refractivity contribution in [2.75, 3.05) is 19.6 Å². The molecule has 0 saturated carbocycles. The van der Waals surface area contributed by atoms with Crippen LogP contribution in [0, 0.1) is 0 Å². The third-order valence-corrected chi connectivity index (χ3v) is 6.06. The second kappa shape index (κ2) is 10.4. The predicted octanol–water partition coefficient (Wildman–Crippen LogP) is 4.68. The number of likely N-dealkylation sites (tertiary alicyclic amines) is 1. The van der Waals surface area contributed by atoms with E-state index in [0.717, 1.165) is 25.3 Å². The van der Waals surface area contributed by atoms with Crippen LogP contribution in [0.25, 0.3) is 0 Å². The average molecular weight is 422 g/mol. The van der Waals surface area contributed by atoms with Gasteiger partial charge in [0.1, 0.15) is 18.1 Å². The molecule has 1 N–H and O–H groups in total. The number of amides is 1. The molecule has 1 unspecified atom stereocenters. The maximum atomic E-state index is 12.1. The minimum atomic E-state index is -0.0928. The summed E-state index contributed by atoms with van der Waals surface area (Å²) in [5.41, 5.74) is 4.66. The average Bonchev–Trinajstić information content (AvgIpc) is 3.34. The van der Waals surface area contributed by atoms with E-state index < -0.39 is 0 Å². The van der Waals surface area contributed by atoms with Gasteiger partial charge in [-0.3, -0.25) is 9.69 Å². The molecule has 1 saturated heterocycles. The molecular formula is C24H27N3O2S. The molecule has 1 atom stereocenters. The second-order valence-electron chi connectivity index (χ2n) is 7.52.